The van der Waals surface area contributed by atoms with Gasteiger partial charge in [-0.1, -0.05) is 43.0 Å². The van der Waals surface area contributed by atoms with Crippen LogP contribution in [0.5, 0.6) is 11.5 Å². The second-order valence-corrected chi connectivity index (χ2v) is 7.54. The predicted octanol–water partition coefficient (Wildman–Crippen LogP) is 5.32. The molecule has 0 heterocycles. The molecule has 0 aliphatic heterocycles. The zero-order valence-electron chi connectivity index (χ0n) is 19.8. The smallest absolute Gasteiger partial charge is 0.338 e. The molecule has 0 saturated heterocycles. The van der Waals surface area contributed by atoms with Crippen molar-refractivity contribution in [3.63, 3.8) is 0 Å². The summed E-state index contributed by atoms with van der Waals surface area (Å²) in [6, 6.07) is 17.4. The van der Waals surface area contributed by atoms with Gasteiger partial charge in [0.2, 0.25) is 0 Å². The van der Waals surface area contributed by atoms with E-state index in [9.17, 15) is 19.5 Å². The topological polar surface area (TPSA) is 124 Å². The Morgan fingerprint density at radius 3 is 2.28 bits per heavy atom. The van der Waals surface area contributed by atoms with E-state index in [1.807, 2.05) is 0 Å². The molecule has 3 aromatic carbocycles. The number of azo groups is 1. The Morgan fingerprint density at radius 1 is 0.889 bits per heavy atom. The van der Waals surface area contributed by atoms with Crippen molar-refractivity contribution in [3.05, 3.63) is 95.6 Å². The van der Waals surface area contributed by atoms with E-state index in [0.29, 0.717) is 11.3 Å². The summed E-state index contributed by atoms with van der Waals surface area (Å²) in [7, 11) is 1.40. The van der Waals surface area contributed by atoms with Crippen LogP contribution in [0.15, 0.2) is 89.1 Å². The monoisotopic (exact) mass is 488 g/mol. The molecule has 9 nitrogen and oxygen atoms in total. The molecule has 9 heteroatoms. The lowest BCUT2D eigenvalue weighted by Gasteiger charge is -2.09. The molecule has 0 atom stereocenters. The summed E-state index contributed by atoms with van der Waals surface area (Å²) in [5.74, 6) is -1.62. The Bertz CT molecular complexity index is 1320. The van der Waals surface area contributed by atoms with Crippen molar-refractivity contribution in [2.24, 2.45) is 10.2 Å². The van der Waals surface area contributed by atoms with Crippen LogP contribution in [0.3, 0.4) is 0 Å². The van der Waals surface area contributed by atoms with Crippen LogP contribution in [0.2, 0.25) is 0 Å². The number of esters is 2. The second-order valence-electron chi connectivity index (χ2n) is 7.54. The van der Waals surface area contributed by atoms with Crippen molar-refractivity contribution in [2.45, 2.75) is 6.92 Å². The minimum Gasteiger partial charge on any atom is -0.507 e. The van der Waals surface area contributed by atoms with Crippen LogP contribution < -0.4 is 4.74 Å². The third kappa shape index (κ3) is 6.63. The summed E-state index contributed by atoms with van der Waals surface area (Å²) < 4.78 is 15.3. The summed E-state index contributed by atoms with van der Waals surface area (Å²) in [6.07, 6.45) is 0. The molecule has 0 fully saturated rings. The number of hydrogen-bond acceptors (Lipinski definition) is 9. The molecule has 3 aromatic rings. The fourth-order valence-electron chi connectivity index (χ4n) is 3.01. The maximum atomic E-state index is 12.8. The van der Waals surface area contributed by atoms with Crippen LogP contribution in [0.25, 0.3) is 0 Å². The first-order valence-corrected chi connectivity index (χ1v) is 10.8. The van der Waals surface area contributed by atoms with Crippen LogP contribution in [0.4, 0.5) is 11.4 Å². The maximum absolute atomic E-state index is 12.8. The largest absolute Gasteiger partial charge is 0.507 e. The minimum atomic E-state index is -0.628. The Hall–Kier alpha value is -4.79. The average Bonchev–Trinajstić information content (AvgIpc) is 2.90. The van der Waals surface area contributed by atoms with E-state index in [-0.39, 0.29) is 52.9 Å². The van der Waals surface area contributed by atoms with Crippen LogP contribution in [-0.2, 0) is 14.3 Å². The van der Waals surface area contributed by atoms with Crippen molar-refractivity contribution in [3.8, 4) is 11.5 Å². The van der Waals surface area contributed by atoms with E-state index in [0.717, 1.165) is 0 Å². The highest BCUT2D eigenvalue weighted by Gasteiger charge is 2.18. The molecule has 0 amide bonds. The number of benzene rings is 3. The number of phenolic OH excluding ortho intramolecular Hbond substituents is 1. The molecule has 0 spiro atoms. The van der Waals surface area contributed by atoms with E-state index in [2.05, 4.69) is 16.8 Å². The maximum Gasteiger partial charge on any atom is 0.338 e. The Morgan fingerprint density at radius 2 is 1.58 bits per heavy atom. The molecule has 3 rings (SSSR count). The number of nitrogens with zero attached hydrogens (tertiary/aromatic N) is 2. The second kappa shape index (κ2) is 12.1. The molecule has 0 aromatic heterocycles. The van der Waals surface area contributed by atoms with E-state index in [4.69, 9.17) is 14.2 Å². The molecular formula is C27H24N2O7. The predicted molar refractivity (Wildman–Crippen MR) is 131 cm³/mol. The van der Waals surface area contributed by atoms with Crippen molar-refractivity contribution in [1.29, 1.82) is 0 Å². The minimum absolute atomic E-state index is 0.0422. The molecule has 0 unspecified atom stereocenters. The SMILES string of the molecule is C=C(C)C(=O)OCCOC(=O)c1cccc(N=Nc2cc(C(=O)c3ccccc3)c(O)cc2OC)c1. The number of carbonyl (C=O) groups excluding carboxylic acids is 3. The van der Waals surface area contributed by atoms with Crippen molar-refractivity contribution in [1.82, 2.24) is 0 Å². The van der Waals surface area contributed by atoms with Crippen LogP contribution in [-0.4, -0.2) is 43.2 Å². The van der Waals surface area contributed by atoms with Gasteiger partial charge in [-0.05, 0) is 31.2 Å². The Kier molecular flexibility index (Phi) is 8.66. The Balaban J connectivity index is 1.75. The molecule has 0 bridgehead atoms. The number of phenols is 1. The lowest BCUT2D eigenvalue weighted by Crippen LogP contribution is -2.14. The van der Waals surface area contributed by atoms with Crippen molar-refractivity contribution < 1.29 is 33.7 Å². The number of aromatic hydroxyl groups is 1. The van der Waals surface area contributed by atoms with Crippen LogP contribution in [0, 0.1) is 0 Å². The first kappa shape index (κ1) is 25.8. The molecule has 0 saturated carbocycles. The van der Waals surface area contributed by atoms with Gasteiger partial charge in [-0.2, -0.15) is 5.11 Å². The molecule has 36 heavy (non-hydrogen) atoms. The molecule has 0 aliphatic carbocycles. The molecule has 184 valence electrons. The highest BCUT2D eigenvalue weighted by atomic mass is 16.6. The van der Waals surface area contributed by atoms with Gasteiger partial charge in [0.1, 0.15) is 30.4 Å². The summed E-state index contributed by atoms with van der Waals surface area (Å²) in [5.41, 5.74) is 1.46. The standard InChI is InChI=1S/C27H24N2O7/c1-17(2)26(32)35-12-13-36-27(33)19-10-7-11-20(14-19)28-29-22-15-21(23(30)16-24(22)34-3)25(31)18-8-5-4-6-9-18/h4-11,14-16,30H,1,12-13H2,2-3H3. The Labute approximate surface area is 207 Å². The molecule has 0 radical (unpaired) electrons. The number of hydrogen-bond donors (Lipinski definition) is 1. The first-order chi connectivity index (χ1) is 17.3. The fraction of sp³-hybridized carbons (Fsp3) is 0.148. The third-order valence-corrected chi connectivity index (χ3v) is 4.83. The van der Waals surface area contributed by atoms with E-state index in [1.165, 1.54) is 32.2 Å². The van der Waals surface area contributed by atoms with Crippen molar-refractivity contribution in [2.75, 3.05) is 20.3 Å². The van der Waals surface area contributed by atoms with Gasteiger partial charge in [0, 0.05) is 17.2 Å². The number of ketones is 1. The van der Waals surface area contributed by atoms with Crippen LogP contribution in [0.1, 0.15) is 33.2 Å². The number of methoxy groups -OCH3 is 1. The van der Waals surface area contributed by atoms with E-state index in [1.54, 1.807) is 48.5 Å². The zero-order valence-corrected chi connectivity index (χ0v) is 19.8. The third-order valence-electron chi connectivity index (χ3n) is 4.83. The molecule has 1 N–H and O–H groups in total. The molecular weight excluding hydrogens is 464 g/mol. The number of ether oxygens (including phenoxy) is 3. The van der Waals surface area contributed by atoms with E-state index >= 15 is 0 Å². The first-order valence-electron chi connectivity index (χ1n) is 10.8. The summed E-state index contributed by atoms with van der Waals surface area (Å²) >= 11 is 0. The van der Waals surface area contributed by atoms with Crippen molar-refractivity contribution >= 4 is 29.1 Å². The zero-order chi connectivity index (χ0) is 26.1. The highest BCUT2D eigenvalue weighted by molar-refractivity contribution is 6.11. The van der Waals surface area contributed by atoms with Gasteiger partial charge in [0.25, 0.3) is 0 Å². The van der Waals surface area contributed by atoms with Gasteiger partial charge in [-0.15, -0.1) is 5.11 Å². The summed E-state index contributed by atoms with van der Waals surface area (Å²) in [4.78, 5) is 36.5. The number of rotatable bonds is 10. The van der Waals surface area contributed by atoms with Crippen LogP contribution >= 0.6 is 0 Å². The number of carbonyl (C=O) groups is 3. The van der Waals surface area contributed by atoms with Gasteiger partial charge >= 0.3 is 11.9 Å². The lowest BCUT2D eigenvalue weighted by molar-refractivity contribution is -0.140. The van der Waals surface area contributed by atoms with E-state index < -0.39 is 11.9 Å². The quantitative estimate of drug-likeness (QED) is 0.135. The highest BCUT2D eigenvalue weighted by Crippen LogP contribution is 2.36. The lowest BCUT2D eigenvalue weighted by atomic mass is 10.0. The average molecular weight is 488 g/mol. The molecule has 0 aliphatic rings. The normalized spacial score (nSPS) is 10.6. The summed E-state index contributed by atoms with van der Waals surface area (Å²) in [6.45, 7) is 4.77. The van der Waals surface area contributed by atoms with Gasteiger partial charge in [0.15, 0.2) is 5.78 Å². The fourth-order valence-corrected chi connectivity index (χ4v) is 3.01. The van der Waals surface area contributed by atoms with Gasteiger partial charge in [-0.3, -0.25) is 4.79 Å². The van der Waals surface area contributed by atoms with Gasteiger partial charge in [-0.25, -0.2) is 9.59 Å². The van der Waals surface area contributed by atoms with Gasteiger partial charge < -0.3 is 19.3 Å². The van der Waals surface area contributed by atoms with Gasteiger partial charge in [0.05, 0.1) is 23.9 Å². The summed E-state index contributed by atoms with van der Waals surface area (Å²) in [5, 5.41) is 18.6.